The Balaban J connectivity index is 1.54. The Hall–Kier alpha value is -3.44. The largest absolute Gasteiger partial charge is 0.495 e. The Morgan fingerprint density at radius 3 is 2.64 bits per heavy atom. The summed E-state index contributed by atoms with van der Waals surface area (Å²) in [7, 11) is -0.471. The highest BCUT2D eigenvalue weighted by Gasteiger charge is 2.30. The molecule has 2 unspecified atom stereocenters. The van der Waals surface area contributed by atoms with Gasteiger partial charge < -0.3 is 29.8 Å². The van der Waals surface area contributed by atoms with Crippen LogP contribution >= 0.6 is 0 Å². The molecule has 0 saturated carbocycles. The summed E-state index contributed by atoms with van der Waals surface area (Å²) in [5, 5.41) is 17.2. The van der Waals surface area contributed by atoms with Crippen molar-refractivity contribution in [1.29, 1.82) is 0 Å². The first-order valence-corrected chi connectivity index (χ1v) is 15.2. The number of hydrogen-bond acceptors (Lipinski definition) is 8. The molecular weight excluding hydrogens is 573 g/mol. The van der Waals surface area contributed by atoms with Crippen LogP contribution in [0.3, 0.4) is 0 Å². The third kappa shape index (κ3) is 8.10. The van der Waals surface area contributed by atoms with Gasteiger partial charge >= 0.3 is 6.18 Å². The number of aliphatic hydroxyl groups is 1. The average Bonchev–Trinajstić information content (AvgIpc) is 3.49. The van der Waals surface area contributed by atoms with Gasteiger partial charge in [-0.25, -0.2) is 8.42 Å². The first-order valence-electron chi connectivity index (χ1n) is 13.3. The number of ether oxygens (including phenoxy) is 2. The van der Waals surface area contributed by atoms with Crippen molar-refractivity contribution in [2.75, 3.05) is 63.9 Å². The molecule has 13 heteroatoms. The summed E-state index contributed by atoms with van der Waals surface area (Å²) >= 11 is 0. The van der Waals surface area contributed by atoms with Gasteiger partial charge in [0.2, 0.25) is 0 Å². The van der Waals surface area contributed by atoms with E-state index in [9.17, 15) is 26.7 Å². The zero-order chi connectivity index (χ0) is 30.5. The molecule has 2 aromatic carbocycles. The quantitative estimate of drug-likeness (QED) is 0.284. The average molecular weight is 609 g/mol. The van der Waals surface area contributed by atoms with Gasteiger partial charge in [0, 0.05) is 56.2 Å². The van der Waals surface area contributed by atoms with E-state index in [0.717, 1.165) is 29.5 Å². The number of likely N-dealkylation sites (tertiary alicyclic amines) is 1. The fourth-order valence-corrected chi connectivity index (χ4v) is 5.70. The standard InChI is InChI=1S/C29H35F3N4O5S/c1-40-18-22(37)17-35-13-11-20(16-35)34-25-7-4-8-27-24(25)14-21(36(27)19-29(30,31)32)6-5-12-33-26-10-9-23(42(3,38)39)15-28(26)41-2/h4,7-10,14-15,20,22,33-34,37H,11-13,16-19H2,1-3H3. The molecule has 228 valence electrons. The molecule has 2 heterocycles. The van der Waals surface area contributed by atoms with Gasteiger partial charge in [0.1, 0.15) is 12.3 Å². The Bertz CT molecular complexity index is 1560. The number of sulfone groups is 1. The Morgan fingerprint density at radius 1 is 1.17 bits per heavy atom. The van der Waals surface area contributed by atoms with Gasteiger partial charge in [-0.05, 0) is 42.7 Å². The number of halogens is 3. The van der Waals surface area contributed by atoms with E-state index in [4.69, 9.17) is 9.47 Å². The molecule has 0 aliphatic carbocycles. The molecule has 4 rings (SSSR count). The van der Waals surface area contributed by atoms with Gasteiger partial charge in [-0.3, -0.25) is 4.90 Å². The molecule has 3 aromatic rings. The molecular formula is C29H35F3N4O5S. The van der Waals surface area contributed by atoms with Crippen molar-refractivity contribution in [2.45, 2.75) is 36.2 Å². The summed E-state index contributed by atoms with van der Waals surface area (Å²) < 4.78 is 75.8. The van der Waals surface area contributed by atoms with Crippen LogP contribution in [0.1, 0.15) is 12.1 Å². The maximum absolute atomic E-state index is 13.6. The Labute approximate surface area is 243 Å². The number of methoxy groups -OCH3 is 2. The number of nitrogens with one attached hydrogen (secondary N) is 2. The summed E-state index contributed by atoms with van der Waals surface area (Å²) in [5.41, 5.74) is 1.85. The third-order valence-corrected chi connectivity index (χ3v) is 8.04. The van der Waals surface area contributed by atoms with Crippen LogP contribution in [-0.2, 0) is 21.1 Å². The van der Waals surface area contributed by atoms with Crippen LogP contribution < -0.4 is 15.4 Å². The lowest BCUT2D eigenvalue weighted by atomic mass is 10.1. The maximum atomic E-state index is 13.6. The van der Waals surface area contributed by atoms with Crippen LogP contribution in [0.25, 0.3) is 10.9 Å². The van der Waals surface area contributed by atoms with E-state index >= 15 is 0 Å². The summed E-state index contributed by atoms with van der Waals surface area (Å²) in [6.45, 7) is 1.11. The minimum atomic E-state index is -4.45. The van der Waals surface area contributed by atoms with Gasteiger partial charge in [-0.15, -0.1) is 0 Å². The van der Waals surface area contributed by atoms with Gasteiger partial charge in [0.25, 0.3) is 0 Å². The van der Waals surface area contributed by atoms with Crippen molar-refractivity contribution < 1.29 is 36.2 Å². The van der Waals surface area contributed by atoms with Gasteiger partial charge in [-0.1, -0.05) is 12.0 Å². The third-order valence-electron chi connectivity index (χ3n) is 6.93. The zero-order valence-corrected chi connectivity index (χ0v) is 24.5. The number of aliphatic hydroxyl groups excluding tert-OH is 1. The number of nitrogens with zero attached hydrogens (tertiary/aromatic N) is 2. The van der Waals surface area contributed by atoms with Gasteiger partial charge in [0.05, 0.1) is 48.2 Å². The second-order valence-electron chi connectivity index (χ2n) is 10.3. The fraction of sp³-hybridized carbons (Fsp3) is 0.448. The van der Waals surface area contributed by atoms with Crippen LogP contribution in [-0.4, -0.2) is 94.6 Å². The molecule has 0 amide bonds. The van der Waals surface area contributed by atoms with E-state index < -0.39 is 28.7 Å². The molecule has 1 saturated heterocycles. The van der Waals surface area contributed by atoms with Crippen molar-refractivity contribution >= 4 is 32.1 Å². The molecule has 0 bridgehead atoms. The van der Waals surface area contributed by atoms with Gasteiger partial charge in [-0.2, -0.15) is 13.2 Å². The van der Waals surface area contributed by atoms with Crippen molar-refractivity contribution in [1.82, 2.24) is 9.47 Å². The lowest BCUT2D eigenvalue weighted by Gasteiger charge is -2.20. The van der Waals surface area contributed by atoms with Crippen LogP contribution in [0.2, 0.25) is 0 Å². The lowest BCUT2D eigenvalue weighted by Crippen LogP contribution is -2.34. The number of fused-ring (bicyclic) bond motifs is 1. The zero-order valence-electron chi connectivity index (χ0n) is 23.7. The first kappa shape index (κ1) is 31.5. The topological polar surface area (TPSA) is 105 Å². The molecule has 42 heavy (non-hydrogen) atoms. The summed E-state index contributed by atoms with van der Waals surface area (Å²) in [6, 6.07) is 11.3. The highest BCUT2D eigenvalue weighted by Crippen LogP contribution is 2.31. The van der Waals surface area contributed by atoms with Gasteiger partial charge in [0.15, 0.2) is 9.84 Å². The number of alkyl halides is 3. The fourth-order valence-electron chi connectivity index (χ4n) is 5.07. The maximum Gasteiger partial charge on any atom is 0.406 e. The molecule has 1 aromatic heterocycles. The number of rotatable bonds is 11. The van der Waals surface area contributed by atoms with Crippen LogP contribution in [0, 0.1) is 11.8 Å². The highest BCUT2D eigenvalue weighted by atomic mass is 32.2. The number of aromatic nitrogens is 1. The Morgan fingerprint density at radius 2 is 1.95 bits per heavy atom. The van der Waals surface area contributed by atoms with Crippen molar-refractivity contribution in [2.24, 2.45) is 0 Å². The highest BCUT2D eigenvalue weighted by molar-refractivity contribution is 7.90. The van der Waals surface area contributed by atoms with E-state index in [2.05, 4.69) is 27.4 Å². The SMILES string of the molecule is COCC(O)CN1CCC(Nc2cccc3c2cc(C#CCNc2ccc(S(C)(=O)=O)cc2OC)n3CC(F)(F)F)C1. The normalized spacial score (nSPS) is 16.7. The molecule has 2 atom stereocenters. The predicted octanol–water partition coefficient (Wildman–Crippen LogP) is 3.57. The molecule has 0 radical (unpaired) electrons. The van der Waals surface area contributed by atoms with Crippen molar-refractivity contribution in [3.05, 3.63) is 48.2 Å². The van der Waals surface area contributed by atoms with Crippen molar-refractivity contribution in [3.8, 4) is 17.6 Å². The predicted molar refractivity (Wildman–Crippen MR) is 156 cm³/mol. The lowest BCUT2D eigenvalue weighted by molar-refractivity contribution is -0.140. The van der Waals surface area contributed by atoms with E-state index in [-0.39, 0.29) is 29.8 Å². The summed E-state index contributed by atoms with van der Waals surface area (Å²) in [4.78, 5) is 2.23. The monoisotopic (exact) mass is 608 g/mol. The number of benzene rings is 2. The number of β-amino-alcohol motifs (C(OH)–C–C–N with tert-alkyl or cyclic N) is 1. The van der Waals surface area contributed by atoms with Crippen LogP contribution in [0.15, 0.2) is 47.4 Å². The second-order valence-corrected chi connectivity index (χ2v) is 12.3. The molecule has 9 nitrogen and oxygen atoms in total. The smallest absolute Gasteiger partial charge is 0.406 e. The molecule has 1 aliphatic rings. The minimum Gasteiger partial charge on any atom is -0.495 e. The van der Waals surface area contributed by atoms with Crippen LogP contribution in [0.4, 0.5) is 24.5 Å². The van der Waals surface area contributed by atoms with E-state index in [0.29, 0.717) is 35.4 Å². The van der Waals surface area contributed by atoms with E-state index in [1.54, 1.807) is 24.3 Å². The minimum absolute atomic E-state index is 0.0686. The molecule has 1 fully saturated rings. The number of hydrogen-bond donors (Lipinski definition) is 3. The van der Waals surface area contributed by atoms with E-state index in [1.165, 1.54) is 26.4 Å². The summed E-state index contributed by atoms with van der Waals surface area (Å²) in [6.07, 6.45) is -3.11. The molecule has 1 aliphatic heterocycles. The second kappa shape index (κ2) is 13.2. The Kier molecular flexibility index (Phi) is 9.93. The molecule has 0 spiro atoms. The summed E-state index contributed by atoms with van der Waals surface area (Å²) in [5.74, 6) is 6.05. The number of anilines is 2. The van der Waals surface area contributed by atoms with E-state index in [1.807, 2.05) is 6.07 Å². The first-order chi connectivity index (χ1) is 19.9. The van der Waals surface area contributed by atoms with Crippen LogP contribution in [0.5, 0.6) is 5.75 Å². The van der Waals surface area contributed by atoms with Crippen molar-refractivity contribution in [3.63, 3.8) is 0 Å². The molecule has 3 N–H and O–H groups in total.